The largest absolute Gasteiger partial charge is 0.480 e. The minimum atomic E-state index is -4.84. The van der Waals surface area contributed by atoms with Gasteiger partial charge in [-0.3, -0.25) is 4.79 Å². The van der Waals surface area contributed by atoms with Crippen molar-refractivity contribution >= 4 is 23.5 Å². The molecular weight excluding hydrogens is 549 g/mol. The summed E-state index contributed by atoms with van der Waals surface area (Å²) in [5.74, 6) is -2.24. The highest BCUT2D eigenvalue weighted by Crippen LogP contribution is 2.40. The summed E-state index contributed by atoms with van der Waals surface area (Å²) < 4.78 is 49.9. The SMILES string of the molecule is CCC(c1ccc(-c2cc(O[C@H](c3ccc(Cl)cc3-n3ccc(C)n3)C(F)(F)F)nc(N)n2)cc1)C(N)C(=O)O. The van der Waals surface area contributed by atoms with Gasteiger partial charge in [-0.2, -0.15) is 23.3 Å². The van der Waals surface area contributed by atoms with Gasteiger partial charge in [0.25, 0.3) is 0 Å². The summed E-state index contributed by atoms with van der Waals surface area (Å²) in [5, 5.41) is 13.7. The number of aryl methyl sites for hydroxylation is 1. The Morgan fingerprint density at radius 2 is 1.82 bits per heavy atom. The zero-order valence-corrected chi connectivity index (χ0v) is 22.2. The molecule has 2 aromatic carbocycles. The van der Waals surface area contributed by atoms with E-state index in [1.165, 1.54) is 35.1 Å². The molecule has 2 aromatic heterocycles. The second-order valence-corrected chi connectivity index (χ2v) is 9.53. The van der Waals surface area contributed by atoms with Crippen LogP contribution in [0, 0.1) is 6.92 Å². The third-order valence-corrected chi connectivity index (χ3v) is 6.53. The molecule has 2 unspecified atom stereocenters. The number of carbonyl (C=O) groups is 1. The maximum absolute atomic E-state index is 14.4. The summed E-state index contributed by atoms with van der Waals surface area (Å²) in [7, 11) is 0. The molecule has 0 saturated carbocycles. The van der Waals surface area contributed by atoms with Gasteiger partial charge in [-0.05, 0) is 37.1 Å². The molecule has 0 aliphatic rings. The highest BCUT2D eigenvalue weighted by atomic mass is 35.5. The molecule has 0 bridgehead atoms. The zero-order valence-electron chi connectivity index (χ0n) is 21.4. The third-order valence-electron chi connectivity index (χ3n) is 6.29. The van der Waals surface area contributed by atoms with Gasteiger partial charge in [-0.25, -0.2) is 9.67 Å². The van der Waals surface area contributed by atoms with Crippen LogP contribution >= 0.6 is 11.6 Å². The molecule has 4 aromatic rings. The molecule has 2 heterocycles. The summed E-state index contributed by atoms with van der Waals surface area (Å²) in [6.07, 6.45) is -5.26. The minimum Gasteiger partial charge on any atom is -0.480 e. The van der Waals surface area contributed by atoms with Crippen molar-refractivity contribution in [3.05, 3.63) is 82.6 Å². The van der Waals surface area contributed by atoms with Crippen molar-refractivity contribution in [2.45, 2.75) is 44.5 Å². The lowest BCUT2D eigenvalue weighted by Crippen LogP contribution is -2.36. The molecule has 0 radical (unpaired) electrons. The molecule has 0 spiro atoms. The Morgan fingerprint density at radius 3 is 2.40 bits per heavy atom. The predicted molar refractivity (Wildman–Crippen MR) is 143 cm³/mol. The van der Waals surface area contributed by atoms with E-state index in [1.807, 2.05) is 6.92 Å². The van der Waals surface area contributed by atoms with Crippen LogP contribution in [0.1, 0.15) is 42.2 Å². The van der Waals surface area contributed by atoms with Crippen molar-refractivity contribution in [2.24, 2.45) is 5.73 Å². The molecule has 4 rings (SSSR count). The number of alkyl halides is 3. The fraction of sp³-hybridized carbons (Fsp3) is 0.259. The number of aromatic nitrogens is 4. The minimum absolute atomic E-state index is 0.0887. The average Bonchev–Trinajstić information content (AvgIpc) is 3.33. The third kappa shape index (κ3) is 6.35. The maximum Gasteiger partial charge on any atom is 0.429 e. The first-order valence-electron chi connectivity index (χ1n) is 12.2. The van der Waals surface area contributed by atoms with Crippen LogP contribution < -0.4 is 16.2 Å². The first-order valence-corrected chi connectivity index (χ1v) is 12.5. The van der Waals surface area contributed by atoms with Crippen LogP contribution in [0.4, 0.5) is 19.1 Å². The maximum atomic E-state index is 14.4. The summed E-state index contributed by atoms with van der Waals surface area (Å²) >= 11 is 6.10. The summed E-state index contributed by atoms with van der Waals surface area (Å²) in [6.45, 7) is 3.53. The number of anilines is 1. The van der Waals surface area contributed by atoms with Crippen molar-refractivity contribution < 1.29 is 27.8 Å². The lowest BCUT2D eigenvalue weighted by atomic mass is 9.89. The van der Waals surface area contributed by atoms with Crippen molar-refractivity contribution in [3.63, 3.8) is 0 Å². The number of hydrogen-bond acceptors (Lipinski definition) is 7. The summed E-state index contributed by atoms with van der Waals surface area (Å²) in [6, 6.07) is 12.4. The molecule has 9 nitrogen and oxygen atoms in total. The first kappa shape index (κ1) is 28.8. The fourth-order valence-electron chi connectivity index (χ4n) is 4.33. The Kier molecular flexibility index (Phi) is 8.31. The van der Waals surface area contributed by atoms with Crippen molar-refractivity contribution in [1.29, 1.82) is 0 Å². The fourth-order valence-corrected chi connectivity index (χ4v) is 4.50. The number of rotatable bonds is 9. The quantitative estimate of drug-likeness (QED) is 0.239. The Balaban J connectivity index is 1.70. The van der Waals surface area contributed by atoms with E-state index < -0.39 is 36.1 Å². The highest BCUT2D eigenvalue weighted by molar-refractivity contribution is 6.30. The molecule has 210 valence electrons. The van der Waals surface area contributed by atoms with E-state index in [0.29, 0.717) is 23.2 Å². The zero-order chi connectivity index (χ0) is 29.2. The number of nitrogens with zero attached hydrogens (tertiary/aromatic N) is 4. The normalized spacial score (nSPS) is 14.0. The Morgan fingerprint density at radius 1 is 1.12 bits per heavy atom. The van der Waals surface area contributed by atoms with Gasteiger partial charge >= 0.3 is 12.1 Å². The van der Waals surface area contributed by atoms with Gasteiger partial charge in [-0.1, -0.05) is 48.9 Å². The monoisotopic (exact) mass is 574 g/mol. The number of carboxylic acids is 1. The van der Waals surface area contributed by atoms with Gasteiger partial charge in [0.1, 0.15) is 6.04 Å². The van der Waals surface area contributed by atoms with Gasteiger partial charge in [0.05, 0.1) is 17.1 Å². The topological polar surface area (TPSA) is 142 Å². The van der Waals surface area contributed by atoms with Crippen LogP contribution in [0.5, 0.6) is 5.88 Å². The number of nitrogens with two attached hydrogens (primary N) is 2. The molecular formula is C27H26ClF3N6O3. The number of halogens is 4. The van der Waals surface area contributed by atoms with Crippen LogP contribution in [0.2, 0.25) is 5.02 Å². The lowest BCUT2D eigenvalue weighted by Gasteiger charge is -2.24. The van der Waals surface area contributed by atoms with Crippen molar-refractivity contribution in [3.8, 4) is 22.8 Å². The highest BCUT2D eigenvalue weighted by Gasteiger charge is 2.45. The molecule has 0 amide bonds. The second kappa shape index (κ2) is 11.5. The van der Waals surface area contributed by atoms with Crippen LogP contribution in [-0.2, 0) is 4.79 Å². The molecule has 13 heteroatoms. The second-order valence-electron chi connectivity index (χ2n) is 9.09. The van der Waals surface area contributed by atoms with Crippen molar-refractivity contribution in [2.75, 3.05) is 5.73 Å². The van der Waals surface area contributed by atoms with Crippen LogP contribution in [0.25, 0.3) is 16.9 Å². The summed E-state index contributed by atoms with van der Waals surface area (Å²) in [5.41, 5.74) is 13.5. The van der Waals surface area contributed by atoms with E-state index in [9.17, 15) is 23.1 Å². The molecule has 0 saturated heterocycles. The molecule has 0 fully saturated rings. The lowest BCUT2D eigenvalue weighted by molar-refractivity contribution is -0.198. The smallest absolute Gasteiger partial charge is 0.429 e. The number of ether oxygens (including phenoxy) is 1. The number of benzene rings is 2. The molecule has 5 N–H and O–H groups in total. The number of nitrogen functional groups attached to an aromatic ring is 1. The summed E-state index contributed by atoms with van der Waals surface area (Å²) in [4.78, 5) is 19.4. The van der Waals surface area contributed by atoms with Gasteiger partial charge in [0, 0.05) is 34.3 Å². The van der Waals surface area contributed by atoms with Gasteiger partial charge < -0.3 is 21.3 Å². The van der Waals surface area contributed by atoms with E-state index in [4.69, 9.17) is 27.8 Å². The molecule has 3 atom stereocenters. The number of aliphatic carboxylic acids is 1. The van der Waals surface area contributed by atoms with E-state index in [0.717, 1.165) is 0 Å². The van der Waals surface area contributed by atoms with E-state index >= 15 is 0 Å². The van der Waals surface area contributed by atoms with E-state index in [2.05, 4.69) is 15.1 Å². The van der Waals surface area contributed by atoms with E-state index in [-0.39, 0.29) is 27.9 Å². The number of carboxylic acid groups (broad SMARTS) is 1. The molecule has 0 aliphatic carbocycles. The molecule has 0 aliphatic heterocycles. The molecule has 40 heavy (non-hydrogen) atoms. The number of hydrogen-bond donors (Lipinski definition) is 3. The van der Waals surface area contributed by atoms with Crippen LogP contribution in [0.15, 0.2) is 60.8 Å². The standard InChI is InChI=1S/C27H26ClF3N6O3/c1-3-18(23(32)25(38)39)15-4-6-16(7-5-15)20-13-22(35-26(33)34-20)40-24(27(29,30)31)19-9-8-17(28)12-21(19)37-11-10-14(2)36-37/h4-13,18,23-24H,3,32H2,1-2H3,(H,38,39)(H2,33,34,35)/t18?,23?,24-/m1/s1. The van der Waals surface area contributed by atoms with Gasteiger partial charge in [-0.15, -0.1) is 0 Å². The predicted octanol–water partition coefficient (Wildman–Crippen LogP) is 5.46. The first-order chi connectivity index (χ1) is 18.9. The Hall–Kier alpha value is -4.16. The van der Waals surface area contributed by atoms with Gasteiger partial charge in [0.15, 0.2) is 0 Å². The van der Waals surface area contributed by atoms with Crippen molar-refractivity contribution in [1.82, 2.24) is 19.7 Å². The average molecular weight is 575 g/mol. The van der Waals surface area contributed by atoms with Crippen LogP contribution in [-0.4, -0.2) is 43.0 Å². The van der Waals surface area contributed by atoms with Crippen LogP contribution in [0.3, 0.4) is 0 Å². The Bertz CT molecular complexity index is 1510. The van der Waals surface area contributed by atoms with Gasteiger partial charge in [0.2, 0.25) is 17.9 Å². The Labute approximate surface area is 232 Å². The van der Waals surface area contributed by atoms with E-state index in [1.54, 1.807) is 37.3 Å².